The van der Waals surface area contributed by atoms with Crippen molar-refractivity contribution in [3.05, 3.63) is 100 Å². The molecular formula is C27H27FN4O. The van der Waals surface area contributed by atoms with E-state index in [4.69, 9.17) is 4.98 Å². The number of hydrogen-bond donors (Lipinski definition) is 0. The van der Waals surface area contributed by atoms with Crippen LogP contribution in [0.2, 0.25) is 0 Å². The topological polar surface area (TPSA) is 41.4 Å². The zero-order chi connectivity index (χ0) is 22.9. The summed E-state index contributed by atoms with van der Waals surface area (Å²) in [5, 5.41) is 0.558. The number of aryl methyl sites for hydroxylation is 1. The van der Waals surface area contributed by atoms with Crippen LogP contribution in [0.4, 0.5) is 10.1 Å². The van der Waals surface area contributed by atoms with Gasteiger partial charge < -0.3 is 4.90 Å². The Morgan fingerprint density at radius 3 is 2.36 bits per heavy atom. The first-order valence-electron chi connectivity index (χ1n) is 11.3. The third kappa shape index (κ3) is 4.26. The zero-order valence-corrected chi connectivity index (χ0v) is 18.9. The Labute approximate surface area is 192 Å². The van der Waals surface area contributed by atoms with Crippen molar-refractivity contribution in [1.29, 1.82) is 0 Å². The third-order valence-corrected chi connectivity index (χ3v) is 6.37. The average Bonchev–Trinajstić information content (AvgIpc) is 2.81. The van der Waals surface area contributed by atoms with Gasteiger partial charge in [-0.3, -0.25) is 14.3 Å². The minimum Gasteiger partial charge on any atom is -0.366 e. The molecule has 1 saturated heterocycles. The normalized spacial score (nSPS) is 16.9. The molecule has 0 bridgehead atoms. The number of piperazine rings is 1. The molecule has 1 atom stereocenters. The number of benzene rings is 3. The van der Waals surface area contributed by atoms with Gasteiger partial charge in [0.1, 0.15) is 11.6 Å². The van der Waals surface area contributed by atoms with E-state index < -0.39 is 0 Å². The first kappa shape index (κ1) is 21.3. The summed E-state index contributed by atoms with van der Waals surface area (Å²) in [5.41, 5.74) is 3.67. The Bertz CT molecular complexity index is 1330. The third-order valence-electron chi connectivity index (χ3n) is 6.37. The van der Waals surface area contributed by atoms with Crippen LogP contribution in [0.5, 0.6) is 0 Å². The van der Waals surface area contributed by atoms with E-state index in [0.29, 0.717) is 35.0 Å². The number of anilines is 1. The molecule has 0 radical (unpaired) electrons. The van der Waals surface area contributed by atoms with Gasteiger partial charge in [-0.2, -0.15) is 0 Å². The van der Waals surface area contributed by atoms with Gasteiger partial charge in [-0.1, -0.05) is 29.8 Å². The largest absolute Gasteiger partial charge is 0.366 e. The van der Waals surface area contributed by atoms with Crippen LogP contribution in [0, 0.1) is 12.7 Å². The molecule has 6 heteroatoms. The van der Waals surface area contributed by atoms with E-state index in [9.17, 15) is 9.18 Å². The molecule has 0 unspecified atom stereocenters. The van der Waals surface area contributed by atoms with Crippen LogP contribution in [-0.4, -0.2) is 40.1 Å². The molecule has 1 aliphatic rings. The number of para-hydroxylation sites is 1. The Hall–Kier alpha value is -3.51. The van der Waals surface area contributed by atoms with E-state index in [1.54, 1.807) is 22.8 Å². The van der Waals surface area contributed by atoms with Gasteiger partial charge in [0.05, 0.1) is 23.1 Å². The van der Waals surface area contributed by atoms with Crippen LogP contribution < -0.4 is 10.5 Å². The van der Waals surface area contributed by atoms with Crippen LogP contribution in [0.3, 0.4) is 0 Å². The van der Waals surface area contributed by atoms with Gasteiger partial charge in [-0.25, -0.2) is 9.37 Å². The van der Waals surface area contributed by atoms with Crippen molar-refractivity contribution >= 4 is 16.6 Å². The van der Waals surface area contributed by atoms with E-state index in [1.807, 2.05) is 18.2 Å². The number of fused-ring (bicyclic) bond motifs is 1. The second-order valence-electron chi connectivity index (χ2n) is 8.78. The SMILES string of the molecule is Cc1ccc(N2CCN(Cc3nc4ccccc4c(=O)n3-c3ccc(F)cc3)C[C@H]2C)cc1. The molecule has 1 fully saturated rings. The van der Waals surface area contributed by atoms with E-state index >= 15 is 0 Å². The van der Waals surface area contributed by atoms with Gasteiger partial charge >= 0.3 is 0 Å². The fourth-order valence-electron chi connectivity index (χ4n) is 4.64. The monoisotopic (exact) mass is 442 g/mol. The highest BCUT2D eigenvalue weighted by Gasteiger charge is 2.25. The summed E-state index contributed by atoms with van der Waals surface area (Å²) in [5.74, 6) is 0.337. The highest BCUT2D eigenvalue weighted by atomic mass is 19.1. The number of aromatic nitrogens is 2. The molecule has 0 spiro atoms. The summed E-state index contributed by atoms with van der Waals surface area (Å²) in [6.07, 6.45) is 0. The zero-order valence-electron chi connectivity index (χ0n) is 18.9. The maximum Gasteiger partial charge on any atom is 0.266 e. The van der Waals surface area contributed by atoms with Crippen molar-refractivity contribution in [2.75, 3.05) is 24.5 Å². The van der Waals surface area contributed by atoms with Gasteiger partial charge in [-0.05, 0) is 62.4 Å². The lowest BCUT2D eigenvalue weighted by molar-refractivity contribution is 0.214. The molecular weight excluding hydrogens is 415 g/mol. The molecule has 5 nitrogen and oxygen atoms in total. The molecule has 1 aromatic heterocycles. The van der Waals surface area contributed by atoms with Crippen LogP contribution in [0.25, 0.3) is 16.6 Å². The molecule has 1 aliphatic heterocycles. The fourth-order valence-corrected chi connectivity index (χ4v) is 4.64. The van der Waals surface area contributed by atoms with E-state index in [0.717, 1.165) is 19.6 Å². The van der Waals surface area contributed by atoms with Crippen LogP contribution in [-0.2, 0) is 6.54 Å². The van der Waals surface area contributed by atoms with Gasteiger partial charge in [0.2, 0.25) is 0 Å². The summed E-state index contributed by atoms with van der Waals surface area (Å²) in [7, 11) is 0. The number of rotatable bonds is 4. The summed E-state index contributed by atoms with van der Waals surface area (Å²) in [6, 6.07) is 22.4. The molecule has 0 amide bonds. The fraction of sp³-hybridized carbons (Fsp3) is 0.259. The highest BCUT2D eigenvalue weighted by Crippen LogP contribution is 2.22. The van der Waals surface area contributed by atoms with Crippen molar-refractivity contribution < 1.29 is 4.39 Å². The predicted molar refractivity (Wildman–Crippen MR) is 131 cm³/mol. The van der Waals surface area contributed by atoms with Crippen molar-refractivity contribution in [2.45, 2.75) is 26.4 Å². The standard InChI is InChI=1S/C27H27FN4O/c1-19-7-11-22(12-8-19)31-16-15-30(17-20(31)2)18-26-29-25-6-4-3-5-24(25)27(33)32(26)23-13-9-21(28)10-14-23/h3-14,20H,15-18H2,1-2H3/t20-/m1/s1. The smallest absolute Gasteiger partial charge is 0.266 e. The quantitative estimate of drug-likeness (QED) is 0.465. The molecule has 0 N–H and O–H groups in total. The Balaban J connectivity index is 1.46. The molecule has 0 aliphatic carbocycles. The van der Waals surface area contributed by atoms with Crippen LogP contribution in [0.15, 0.2) is 77.6 Å². The van der Waals surface area contributed by atoms with E-state index in [1.165, 1.54) is 23.4 Å². The second kappa shape index (κ2) is 8.79. The summed E-state index contributed by atoms with van der Waals surface area (Å²) in [6.45, 7) is 7.50. The maximum atomic E-state index is 13.6. The molecule has 0 saturated carbocycles. The molecule has 4 aromatic rings. The van der Waals surface area contributed by atoms with Crippen molar-refractivity contribution in [2.24, 2.45) is 0 Å². The minimum atomic E-state index is -0.330. The summed E-state index contributed by atoms with van der Waals surface area (Å²) in [4.78, 5) is 23.0. The maximum absolute atomic E-state index is 13.6. The molecule has 33 heavy (non-hydrogen) atoms. The average molecular weight is 443 g/mol. The summed E-state index contributed by atoms with van der Waals surface area (Å²) < 4.78 is 15.2. The number of nitrogens with zero attached hydrogens (tertiary/aromatic N) is 4. The van der Waals surface area contributed by atoms with Crippen molar-refractivity contribution in [3.63, 3.8) is 0 Å². The molecule has 3 aromatic carbocycles. The van der Waals surface area contributed by atoms with Gasteiger partial charge in [0.15, 0.2) is 0 Å². The summed E-state index contributed by atoms with van der Waals surface area (Å²) >= 11 is 0. The van der Waals surface area contributed by atoms with E-state index in [2.05, 4.69) is 47.9 Å². The minimum absolute atomic E-state index is 0.131. The second-order valence-corrected chi connectivity index (χ2v) is 8.78. The van der Waals surface area contributed by atoms with Gasteiger partial charge in [0.25, 0.3) is 5.56 Å². The first-order valence-corrected chi connectivity index (χ1v) is 11.3. The first-order chi connectivity index (χ1) is 16.0. The number of hydrogen-bond acceptors (Lipinski definition) is 4. The van der Waals surface area contributed by atoms with Crippen LogP contribution in [0.1, 0.15) is 18.3 Å². The Kier molecular flexibility index (Phi) is 5.68. The Morgan fingerprint density at radius 2 is 1.64 bits per heavy atom. The van der Waals surface area contributed by atoms with Crippen molar-refractivity contribution in [1.82, 2.24) is 14.5 Å². The molecule has 2 heterocycles. The lowest BCUT2D eigenvalue weighted by atomic mass is 10.1. The van der Waals surface area contributed by atoms with Gasteiger partial charge in [-0.15, -0.1) is 0 Å². The highest BCUT2D eigenvalue weighted by molar-refractivity contribution is 5.77. The Morgan fingerprint density at radius 1 is 0.939 bits per heavy atom. The van der Waals surface area contributed by atoms with E-state index in [-0.39, 0.29) is 11.4 Å². The van der Waals surface area contributed by atoms with Gasteiger partial charge in [0, 0.05) is 31.4 Å². The van der Waals surface area contributed by atoms with Crippen molar-refractivity contribution in [3.8, 4) is 5.69 Å². The molecule has 168 valence electrons. The lowest BCUT2D eigenvalue weighted by Gasteiger charge is -2.41. The molecule has 5 rings (SSSR count). The predicted octanol–water partition coefficient (Wildman–Crippen LogP) is 4.54. The number of halogens is 1. The van der Waals surface area contributed by atoms with Crippen LogP contribution >= 0.6 is 0 Å². The lowest BCUT2D eigenvalue weighted by Crippen LogP contribution is -2.52.